The average Bonchev–Trinajstić information content (AvgIpc) is 3.75. The Hall–Kier alpha value is -4.23. The van der Waals surface area contributed by atoms with Crippen LogP contribution in [0.25, 0.3) is 11.1 Å². The number of nitrogens with zero attached hydrogens (tertiary/aromatic N) is 5. The number of nitrogens with one attached hydrogen (secondary N) is 1. The monoisotopic (exact) mass is 624 g/mol. The summed E-state index contributed by atoms with van der Waals surface area (Å²) in [6.45, 7) is 2.98. The SMILES string of the molecule is CN(C(=O)/C(OCC1(C)CC1)=C(\C=N)N1CCN(S(=O)(=O)Cc2ccc(-c3cncnc3)cc2)CC1)c1cc(F)cc(F)c1. The van der Waals surface area contributed by atoms with Crippen LogP contribution in [-0.4, -0.2) is 79.5 Å². The molecule has 2 heterocycles. The zero-order valence-electron chi connectivity index (χ0n) is 24.5. The summed E-state index contributed by atoms with van der Waals surface area (Å²) in [5, 5.41) is 8.15. The van der Waals surface area contributed by atoms with E-state index in [-0.39, 0.29) is 61.1 Å². The van der Waals surface area contributed by atoms with Crippen LogP contribution >= 0.6 is 0 Å². The van der Waals surface area contributed by atoms with Crippen molar-refractivity contribution in [3.8, 4) is 11.1 Å². The fraction of sp³-hybridized carbons (Fsp3) is 0.355. The molecule has 13 heteroatoms. The lowest BCUT2D eigenvalue weighted by atomic mass is 10.1. The molecule has 2 aliphatic rings. The van der Waals surface area contributed by atoms with E-state index in [0.717, 1.165) is 47.2 Å². The second-order valence-electron chi connectivity index (χ2n) is 11.4. The Morgan fingerprint density at radius 1 is 1.02 bits per heavy atom. The van der Waals surface area contributed by atoms with Crippen molar-refractivity contribution < 1.29 is 26.7 Å². The molecule has 1 aliphatic carbocycles. The van der Waals surface area contributed by atoms with Gasteiger partial charge in [0.05, 0.1) is 12.4 Å². The topological polar surface area (TPSA) is 120 Å². The van der Waals surface area contributed by atoms with Crippen LogP contribution in [0.15, 0.2) is 72.6 Å². The van der Waals surface area contributed by atoms with E-state index in [1.807, 2.05) is 19.1 Å². The molecule has 1 saturated heterocycles. The molecule has 232 valence electrons. The van der Waals surface area contributed by atoms with E-state index in [1.165, 1.54) is 17.7 Å². The number of benzene rings is 2. The Morgan fingerprint density at radius 2 is 1.64 bits per heavy atom. The summed E-state index contributed by atoms with van der Waals surface area (Å²) in [5.74, 6) is -2.63. The van der Waals surface area contributed by atoms with E-state index >= 15 is 0 Å². The molecule has 2 aromatic carbocycles. The summed E-state index contributed by atoms with van der Waals surface area (Å²) < 4.78 is 61.9. The number of carbonyl (C=O) groups is 1. The highest BCUT2D eigenvalue weighted by Gasteiger charge is 2.40. The molecular formula is C31H34F2N6O4S. The molecule has 0 unspecified atom stereocenters. The van der Waals surface area contributed by atoms with Gasteiger partial charge in [0.1, 0.15) is 23.7 Å². The Labute approximate surface area is 255 Å². The smallest absolute Gasteiger partial charge is 0.295 e. The quantitative estimate of drug-likeness (QED) is 0.193. The van der Waals surface area contributed by atoms with Gasteiger partial charge >= 0.3 is 0 Å². The Morgan fingerprint density at radius 3 is 2.20 bits per heavy atom. The molecule has 10 nitrogen and oxygen atoms in total. The molecule has 0 bridgehead atoms. The molecular weight excluding hydrogens is 590 g/mol. The number of amides is 1. The van der Waals surface area contributed by atoms with Crippen LogP contribution in [-0.2, 0) is 25.3 Å². The van der Waals surface area contributed by atoms with Crippen molar-refractivity contribution in [2.45, 2.75) is 25.5 Å². The Balaban J connectivity index is 1.30. The number of halogens is 2. The molecule has 5 rings (SSSR count). The first-order valence-corrected chi connectivity index (χ1v) is 15.8. The van der Waals surface area contributed by atoms with Crippen LogP contribution in [0.4, 0.5) is 14.5 Å². The molecule has 0 spiro atoms. The van der Waals surface area contributed by atoms with Gasteiger partial charge in [-0.15, -0.1) is 0 Å². The van der Waals surface area contributed by atoms with Gasteiger partial charge in [-0.2, -0.15) is 4.31 Å². The predicted octanol–water partition coefficient (Wildman–Crippen LogP) is 4.21. The van der Waals surface area contributed by atoms with Crippen molar-refractivity contribution in [2.75, 3.05) is 44.7 Å². The number of anilines is 1. The van der Waals surface area contributed by atoms with Crippen LogP contribution in [0.2, 0.25) is 0 Å². The number of aromatic nitrogens is 2. The lowest BCUT2D eigenvalue weighted by Gasteiger charge is -2.36. The molecule has 1 aromatic heterocycles. The molecule has 1 amide bonds. The van der Waals surface area contributed by atoms with Crippen LogP contribution in [0.5, 0.6) is 0 Å². The molecule has 3 aromatic rings. The largest absolute Gasteiger partial charge is 0.486 e. The summed E-state index contributed by atoms with van der Waals surface area (Å²) >= 11 is 0. The summed E-state index contributed by atoms with van der Waals surface area (Å²) in [6.07, 6.45) is 7.68. The number of hydrogen-bond acceptors (Lipinski definition) is 8. The number of piperazine rings is 1. The molecule has 1 saturated carbocycles. The van der Waals surface area contributed by atoms with Crippen molar-refractivity contribution in [1.82, 2.24) is 19.2 Å². The van der Waals surface area contributed by atoms with E-state index in [0.29, 0.717) is 11.6 Å². The maximum absolute atomic E-state index is 13.9. The number of rotatable bonds is 11. The van der Waals surface area contributed by atoms with Crippen LogP contribution < -0.4 is 4.90 Å². The van der Waals surface area contributed by atoms with Crippen molar-refractivity contribution in [3.05, 3.63) is 89.8 Å². The molecule has 0 atom stereocenters. The van der Waals surface area contributed by atoms with Gasteiger partial charge in [-0.05, 0) is 36.1 Å². The average molecular weight is 625 g/mol. The fourth-order valence-electron chi connectivity index (χ4n) is 4.90. The first kappa shape index (κ1) is 31.2. The summed E-state index contributed by atoms with van der Waals surface area (Å²) in [6, 6.07) is 9.99. The second-order valence-corrected chi connectivity index (χ2v) is 13.4. The van der Waals surface area contributed by atoms with Gasteiger partial charge in [0, 0.05) is 74.6 Å². The predicted molar refractivity (Wildman–Crippen MR) is 162 cm³/mol. The second kappa shape index (κ2) is 12.8. The van der Waals surface area contributed by atoms with Crippen LogP contribution in [0.3, 0.4) is 0 Å². The fourth-order valence-corrected chi connectivity index (χ4v) is 6.42. The number of sulfonamides is 1. The Bertz CT molecular complexity index is 1640. The maximum Gasteiger partial charge on any atom is 0.295 e. The number of allylic oxidation sites excluding steroid dienone is 1. The van der Waals surface area contributed by atoms with Gasteiger partial charge in [-0.3, -0.25) is 4.79 Å². The lowest BCUT2D eigenvalue weighted by Crippen LogP contribution is -2.49. The highest BCUT2D eigenvalue weighted by atomic mass is 32.2. The van der Waals surface area contributed by atoms with Crippen molar-refractivity contribution >= 4 is 27.8 Å². The van der Waals surface area contributed by atoms with Gasteiger partial charge in [-0.1, -0.05) is 31.2 Å². The van der Waals surface area contributed by atoms with Crippen LogP contribution in [0, 0.1) is 22.5 Å². The van der Waals surface area contributed by atoms with E-state index in [9.17, 15) is 22.0 Å². The molecule has 2 fully saturated rings. The van der Waals surface area contributed by atoms with Gasteiger partial charge in [0.25, 0.3) is 5.91 Å². The third-order valence-corrected chi connectivity index (χ3v) is 9.79. The van der Waals surface area contributed by atoms with E-state index in [4.69, 9.17) is 10.1 Å². The lowest BCUT2D eigenvalue weighted by molar-refractivity contribution is -0.118. The molecule has 44 heavy (non-hydrogen) atoms. The maximum atomic E-state index is 13.9. The Kier molecular flexibility index (Phi) is 9.07. The van der Waals surface area contributed by atoms with Crippen molar-refractivity contribution in [3.63, 3.8) is 0 Å². The minimum atomic E-state index is -3.65. The number of likely N-dealkylation sites (N-methyl/N-ethyl adjacent to an activating group) is 1. The van der Waals surface area contributed by atoms with E-state index < -0.39 is 27.6 Å². The highest BCUT2D eigenvalue weighted by Crippen LogP contribution is 2.45. The summed E-state index contributed by atoms with van der Waals surface area (Å²) in [7, 11) is -2.27. The third-order valence-electron chi connectivity index (χ3n) is 7.94. The van der Waals surface area contributed by atoms with Gasteiger partial charge in [0.15, 0.2) is 0 Å². The zero-order valence-corrected chi connectivity index (χ0v) is 25.4. The van der Waals surface area contributed by atoms with Gasteiger partial charge in [0.2, 0.25) is 15.8 Å². The number of carbonyl (C=O) groups excluding carboxylic acids is 1. The third kappa shape index (κ3) is 7.28. The van der Waals surface area contributed by atoms with E-state index in [1.54, 1.807) is 29.4 Å². The van der Waals surface area contributed by atoms with Gasteiger partial charge in [-0.25, -0.2) is 27.2 Å². The first-order chi connectivity index (χ1) is 21.0. The van der Waals surface area contributed by atoms with Crippen molar-refractivity contribution in [1.29, 1.82) is 5.41 Å². The van der Waals surface area contributed by atoms with Crippen molar-refractivity contribution in [2.24, 2.45) is 5.41 Å². The minimum Gasteiger partial charge on any atom is -0.486 e. The molecule has 1 N–H and O–H groups in total. The van der Waals surface area contributed by atoms with E-state index in [2.05, 4.69) is 9.97 Å². The normalized spacial score (nSPS) is 17.0. The number of hydrogen-bond donors (Lipinski definition) is 1. The molecule has 0 radical (unpaired) electrons. The standard InChI is InChI=1S/C31H34F2N6O4S/c1-31(7-8-31)20-43-29(30(40)37(2)27-14-25(32)13-26(33)15-27)28(16-34)38-9-11-39(12-10-38)44(41,42)19-22-3-5-23(6-4-22)24-17-35-21-36-18-24/h3-6,13-18,21,34H,7-12,19-20H2,1-2H3/b29-28-,34-16?. The molecule has 1 aliphatic heterocycles. The highest BCUT2D eigenvalue weighted by molar-refractivity contribution is 7.88. The number of ether oxygens (including phenoxy) is 1. The minimum absolute atomic E-state index is 0.00314. The van der Waals surface area contributed by atoms with Crippen LogP contribution in [0.1, 0.15) is 25.3 Å². The zero-order chi connectivity index (χ0) is 31.5. The van der Waals surface area contributed by atoms with Gasteiger partial charge < -0.3 is 19.9 Å². The summed E-state index contributed by atoms with van der Waals surface area (Å²) in [5.41, 5.74) is 2.43. The first-order valence-electron chi connectivity index (χ1n) is 14.2. The summed E-state index contributed by atoms with van der Waals surface area (Å²) in [4.78, 5) is 24.5.